The topological polar surface area (TPSA) is 54.5 Å². The van der Waals surface area contributed by atoms with Gasteiger partial charge in [-0.25, -0.2) is 9.80 Å². The number of benzene rings is 2. The highest BCUT2D eigenvalue weighted by Gasteiger charge is 2.31. The second-order valence-electron chi connectivity index (χ2n) is 6.33. The minimum Gasteiger partial charge on any atom is -0.457 e. The molecule has 0 amide bonds. The Kier molecular flexibility index (Phi) is 4.70. The van der Waals surface area contributed by atoms with E-state index >= 15 is 0 Å². The van der Waals surface area contributed by atoms with Gasteiger partial charge < -0.3 is 4.74 Å². The monoisotopic (exact) mass is 397 g/mol. The molecular weight excluding hydrogens is 383 g/mol. The van der Waals surface area contributed by atoms with Crippen LogP contribution >= 0.6 is 0 Å². The first kappa shape index (κ1) is 18.6. The third-order valence-electron chi connectivity index (χ3n) is 4.35. The summed E-state index contributed by atoms with van der Waals surface area (Å²) >= 11 is 0. The fourth-order valence-electron chi connectivity index (χ4n) is 3.04. The molecule has 2 aromatic carbocycles. The number of hydrogen-bond acceptors (Lipinski definition) is 5. The van der Waals surface area contributed by atoms with Gasteiger partial charge >= 0.3 is 6.18 Å². The molecule has 0 unspecified atom stereocenters. The smallest absolute Gasteiger partial charge is 0.416 e. The fraction of sp³-hybridized carbons (Fsp3) is 0.0952. The molecule has 1 aliphatic rings. The van der Waals surface area contributed by atoms with E-state index in [4.69, 9.17) is 4.74 Å². The molecule has 0 bridgehead atoms. The molecule has 0 spiro atoms. The van der Waals surface area contributed by atoms with Crippen molar-refractivity contribution in [3.63, 3.8) is 0 Å². The van der Waals surface area contributed by atoms with Crippen LogP contribution in [0.5, 0.6) is 11.5 Å². The van der Waals surface area contributed by atoms with Crippen molar-refractivity contribution in [3.05, 3.63) is 83.8 Å². The Morgan fingerprint density at radius 3 is 2.55 bits per heavy atom. The minimum atomic E-state index is -4.46. The van der Waals surface area contributed by atoms with E-state index in [1.807, 2.05) is 5.94 Å². The number of hydrazine groups is 1. The Balaban J connectivity index is 1.61. The number of nitrogens with zero attached hydrogens (tertiary/aromatic N) is 2. The van der Waals surface area contributed by atoms with Crippen molar-refractivity contribution in [2.75, 3.05) is 10.4 Å². The zero-order chi connectivity index (χ0) is 20.4. The van der Waals surface area contributed by atoms with Crippen LogP contribution in [0.3, 0.4) is 0 Å². The maximum atomic E-state index is 13.0. The van der Waals surface area contributed by atoms with Gasteiger partial charge in [0.05, 0.1) is 16.9 Å². The summed E-state index contributed by atoms with van der Waals surface area (Å²) in [5, 5.41) is 1.44. The molecule has 1 N–H and O–H groups in total. The molecule has 29 heavy (non-hydrogen) atoms. The Bertz CT molecular complexity index is 1090. The van der Waals surface area contributed by atoms with Crippen LogP contribution in [-0.2, 0) is 17.4 Å². The number of allylic oxidation sites excluding steroid dienone is 1. The number of rotatable bonds is 4. The molecule has 146 valence electrons. The SMILES string of the molecule is O=C=C1Cc2cc(Oc3ccncc3)ccc2N1Nc1cccc(C(F)(F)F)c1. The van der Waals surface area contributed by atoms with E-state index in [2.05, 4.69) is 10.4 Å². The van der Waals surface area contributed by atoms with Gasteiger partial charge in [0.1, 0.15) is 23.1 Å². The number of halogens is 3. The van der Waals surface area contributed by atoms with Gasteiger partial charge in [0.15, 0.2) is 0 Å². The number of fused-ring (bicyclic) bond motifs is 1. The van der Waals surface area contributed by atoms with Gasteiger partial charge in [-0.3, -0.25) is 10.4 Å². The zero-order valence-electron chi connectivity index (χ0n) is 14.9. The first-order chi connectivity index (χ1) is 13.9. The second-order valence-corrected chi connectivity index (χ2v) is 6.33. The van der Waals surface area contributed by atoms with Gasteiger partial charge in [-0.05, 0) is 54.1 Å². The van der Waals surface area contributed by atoms with Crippen LogP contribution in [0, 0.1) is 0 Å². The standard InChI is InChI=1S/C21H14F3N3O2/c22-21(23,24)15-2-1-3-16(12-15)26-27-17(13-28)10-14-11-19(4-5-20(14)27)29-18-6-8-25-9-7-18/h1-9,11-12,26H,10H2. The van der Waals surface area contributed by atoms with E-state index in [1.165, 1.54) is 17.1 Å². The highest BCUT2D eigenvalue weighted by Crippen LogP contribution is 2.37. The zero-order valence-corrected chi connectivity index (χ0v) is 14.9. The third-order valence-corrected chi connectivity index (χ3v) is 4.35. The lowest BCUT2D eigenvalue weighted by Crippen LogP contribution is -2.26. The summed E-state index contributed by atoms with van der Waals surface area (Å²) in [6.07, 6.45) is -0.964. The Labute approximate surface area is 164 Å². The average Bonchev–Trinajstić information content (AvgIpc) is 3.05. The number of hydrogen-bond donors (Lipinski definition) is 1. The molecule has 1 aliphatic heterocycles. The molecule has 0 fully saturated rings. The molecule has 1 aromatic heterocycles. The lowest BCUT2D eigenvalue weighted by atomic mass is 10.1. The molecule has 8 heteroatoms. The number of ether oxygens (including phenoxy) is 1. The summed E-state index contributed by atoms with van der Waals surface area (Å²) in [6.45, 7) is 0. The van der Waals surface area contributed by atoms with Gasteiger partial charge in [-0.1, -0.05) is 6.07 Å². The maximum Gasteiger partial charge on any atom is 0.416 e. The van der Waals surface area contributed by atoms with Crippen LogP contribution in [0.2, 0.25) is 0 Å². The molecule has 0 saturated carbocycles. The van der Waals surface area contributed by atoms with Crippen molar-refractivity contribution < 1.29 is 22.7 Å². The van der Waals surface area contributed by atoms with Gasteiger partial charge in [0.2, 0.25) is 0 Å². The van der Waals surface area contributed by atoms with E-state index < -0.39 is 11.7 Å². The normalized spacial score (nSPS) is 13.1. The first-order valence-corrected chi connectivity index (χ1v) is 8.63. The van der Waals surface area contributed by atoms with E-state index in [1.54, 1.807) is 42.7 Å². The Morgan fingerprint density at radius 2 is 1.83 bits per heavy atom. The fourth-order valence-corrected chi connectivity index (χ4v) is 3.04. The van der Waals surface area contributed by atoms with Gasteiger partial charge in [-0.15, -0.1) is 0 Å². The average molecular weight is 397 g/mol. The molecular formula is C21H14F3N3O2. The molecule has 0 radical (unpaired) electrons. The molecule has 0 saturated heterocycles. The summed E-state index contributed by atoms with van der Waals surface area (Å²) in [6, 6.07) is 13.4. The van der Waals surface area contributed by atoms with Crippen LogP contribution < -0.4 is 15.2 Å². The number of alkyl halides is 3. The highest BCUT2D eigenvalue weighted by atomic mass is 19.4. The second kappa shape index (κ2) is 7.33. The van der Waals surface area contributed by atoms with Crippen LogP contribution in [0.4, 0.5) is 24.5 Å². The van der Waals surface area contributed by atoms with Crippen molar-refractivity contribution in [1.29, 1.82) is 0 Å². The van der Waals surface area contributed by atoms with Crippen LogP contribution in [0.1, 0.15) is 11.1 Å². The van der Waals surface area contributed by atoms with Crippen LogP contribution in [-0.4, -0.2) is 10.9 Å². The van der Waals surface area contributed by atoms with E-state index in [-0.39, 0.29) is 17.8 Å². The molecule has 3 aromatic rings. The van der Waals surface area contributed by atoms with Crippen LogP contribution in [0.15, 0.2) is 72.7 Å². The Morgan fingerprint density at radius 1 is 1.03 bits per heavy atom. The summed E-state index contributed by atoms with van der Waals surface area (Å²) in [5.74, 6) is 3.04. The minimum absolute atomic E-state index is 0.206. The van der Waals surface area contributed by atoms with Crippen molar-refractivity contribution in [1.82, 2.24) is 4.98 Å². The number of nitrogens with one attached hydrogen (secondary N) is 1. The van der Waals surface area contributed by atoms with E-state index in [0.717, 1.165) is 17.7 Å². The largest absolute Gasteiger partial charge is 0.457 e. The first-order valence-electron chi connectivity index (χ1n) is 8.63. The Hall–Kier alpha value is -3.77. The summed E-state index contributed by atoms with van der Waals surface area (Å²) in [4.78, 5) is 15.3. The number of pyridine rings is 1. The molecule has 2 heterocycles. The van der Waals surface area contributed by atoms with E-state index in [0.29, 0.717) is 17.2 Å². The lowest BCUT2D eigenvalue weighted by molar-refractivity contribution is -0.137. The van der Waals surface area contributed by atoms with Crippen molar-refractivity contribution in [2.24, 2.45) is 0 Å². The highest BCUT2D eigenvalue weighted by molar-refractivity contribution is 5.77. The maximum absolute atomic E-state index is 13.0. The molecule has 5 nitrogen and oxygen atoms in total. The molecule has 0 aliphatic carbocycles. The molecule has 4 rings (SSSR count). The number of aromatic nitrogens is 1. The van der Waals surface area contributed by atoms with Crippen LogP contribution in [0.25, 0.3) is 0 Å². The van der Waals surface area contributed by atoms with Gasteiger partial charge in [0, 0.05) is 18.8 Å². The number of carbonyl (C=O) groups excluding carboxylic acids is 1. The van der Waals surface area contributed by atoms with Crippen molar-refractivity contribution in [3.8, 4) is 11.5 Å². The third kappa shape index (κ3) is 3.93. The molecule has 0 atom stereocenters. The predicted molar refractivity (Wildman–Crippen MR) is 101 cm³/mol. The lowest BCUT2D eigenvalue weighted by Gasteiger charge is -2.22. The predicted octanol–water partition coefficient (Wildman–Crippen LogP) is 5.00. The van der Waals surface area contributed by atoms with Crippen molar-refractivity contribution >= 4 is 17.3 Å². The van der Waals surface area contributed by atoms with Gasteiger partial charge in [-0.2, -0.15) is 13.2 Å². The van der Waals surface area contributed by atoms with E-state index in [9.17, 15) is 18.0 Å². The van der Waals surface area contributed by atoms with Gasteiger partial charge in [0.25, 0.3) is 0 Å². The van der Waals surface area contributed by atoms with Crippen molar-refractivity contribution in [2.45, 2.75) is 12.6 Å². The summed E-state index contributed by atoms with van der Waals surface area (Å²) in [7, 11) is 0. The quantitative estimate of drug-likeness (QED) is 0.628. The number of anilines is 2. The summed E-state index contributed by atoms with van der Waals surface area (Å²) in [5.41, 5.74) is 3.98. The summed E-state index contributed by atoms with van der Waals surface area (Å²) < 4.78 is 44.6.